The predicted octanol–water partition coefficient (Wildman–Crippen LogP) is -0.140. The Kier molecular flexibility index (Phi) is 3.92. The molecule has 9 heavy (non-hydrogen) atoms. The van der Waals surface area contributed by atoms with Gasteiger partial charge in [-0.1, -0.05) is 11.6 Å². The summed E-state index contributed by atoms with van der Waals surface area (Å²) in [7, 11) is 0. The Morgan fingerprint density at radius 2 is 2.00 bits per heavy atom. The molecule has 0 atom stereocenters. The second-order valence-electron chi connectivity index (χ2n) is 1.45. The zero-order valence-corrected chi connectivity index (χ0v) is 5.60. The van der Waals surface area contributed by atoms with Crippen LogP contribution in [0.15, 0.2) is 23.0 Å². The van der Waals surface area contributed by atoms with Crippen molar-refractivity contribution in [3.8, 4) is 0 Å². The summed E-state index contributed by atoms with van der Waals surface area (Å²) in [6.07, 6.45) is 2.86. The smallest absolute Gasteiger partial charge is 0.0992 e. The molecule has 0 saturated carbocycles. The van der Waals surface area contributed by atoms with Gasteiger partial charge >= 0.3 is 0 Å². The van der Waals surface area contributed by atoms with Crippen molar-refractivity contribution >= 4 is 11.6 Å². The Morgan fingerprint density at radius 1 is 1.44 bits per heavy atom. The summed E-state index contributed by atoms with van der Waals surface area (Å²) in [5.41, 5.74) is 10.5. The minimum absolute atomic E-state index is 0.145. The summed E-state index contributed by atoms with van der Waals surface area (Å²) >= 11 is 5.24. The van der Waals surface area contributed by atoms with E-state index in [-0.39, 0.29) is 11.8 Å². The predicted molar refractivity (Wildman–Crippen MR) is 37.5 cm³/mol. The van der Waals surface area contributed by atoms with E-state index in [1.807, 2.05) is 0 Å². The van der Waals surface area contributed by atoms with Gasteiger partial charge in [-0.2, -0.15) is 0 Å². The Bertz CT molecular complexity index is 138. The zero-order valence-electron chi connectivity index (χ0n) is 4.84. The van der Waals surface area contributed by atoms with Crippen LogP contribution >= 0.6 is 11.6 Å². The molecule has 0 bridgehead atoms. The first kappa shape index (κ1) is 8.33. The van der Waals surface area contributed by atoms with E-state index in [1.165, 1.54) is 12.2 Å². The second-order valence-corrected chi connectivity index (χ2v) is 1.89. The monoisotopic (exact) mass is 148 g/mol. The Hall–Kier alpha value is -0.670. The van der Waals surface area contributed by atoms with E-state index >= 15 is 0 Å². The van der Waals surface area contributed by atoms with Crippen molar-refractivity contribution < 1.29 is 5.11 Å². The maximum atomic E-state index is 8.34. The molecule has 0 saturated heterocycles. The molecule has 3 nitrogen and oxygen atoms in total. The summed E-state index contributed by atoms with van der Waals surface area (Å²) in [4.78, 5) is 0. The molecule has 0 heterocycles. The highest BCUT2D eigenvalue weighted by Gasteiger charge is 1.81. The molecule has 5 N–H and O–H groups in total. The Balaban J connectivity index is 3.83. The van der Waals surface area contributed by atoms with E-state index in [0.717, 1.165) is 0 Å². The number of halogens is 1. The molecule has 0 fully saturated rings. The molecule has 0 amide bonds. The number of aliphatic hydroxyl groups excluding tert-OH is 1. The summed E-state index contributed by atoms with van der Waals surface area (Å²) in [6.45, 7) is -0.180. The van der Waals surface area contributed by atoms with Crippen LogP contribution in [0.1, 0.15) is 0 Å². The van der Waals surface area contributed by atoms with Crippen molar-refractivity contribution in [1.29, 1.82) is 0 Å². The minimum atomic E-state index is -0.180. The fourth-order valence-corrected chi connectivity index (χ4v) is 0.302. The standard InChI is InChI=1S/C5H9ClN2O/c6-5(8)2-1-4(7)3-9/h1-2,9H,3,7-8H2/b4-1-,5-2-. The highest BCUT2D eigenvalue weighted by Crippen LogP contribution is 1.91. The molecule has 0 aromatic rings. The van der Waals surface area contributed by atoms with Gasteiger partial charge in [0.25, 0.3) is 0 Å². The fraction of sp³-hybridized carbons (Fsp3) is 0.200. The van der Waals surface area contributed by atoms with Gasteiger partial charge in [-0.25, -0.2) is 0 Å². The fourth-order valence-electron chi connectivity index (χ4n) is 0.239. The van der Waals surface area contributed by atoms with Gasteiger partial charge in [0.05, 0.1) is 11.8 Å². The van der Waals surface area contributed by atoms with Crippen molar-refractivity contribution in [3.05, 3.63) is 23.0 Å². The molecule has 0 radical (unpaired) electrons. The normalized spacial score (nSPS) is 14.0. The third-order valence-electron chi connectivity index (χ3n) is 0.639. The molecule has 4 heteroatoms. The highest BCUT2D eigenvalue weighted by molar-refractivity contribution is 6.29. The molecular formula is C5H9ClN2O. The van der Waals surface area contributed by atoms with Crippen molar-refractivity contribution in [3.63, 3.8) is 0 Å². The first-order valence-corrected chi connectivity index (χ1v) is 2.72. The summed E-state index contributed by atoms with van der Waals surface area (Å²) in [6, 6.07) is 0. The molecule has 0 unspecified atom stereocenters. The Labute approximate surface area is 58.6 Å². The summed E-state index contributed by atoms with van der Waals surface area (Å²) < 4.78 is 0. The number of hydrogen-bond acceptors (Lipinski definition) is 3. The average molecular weight is 149 g/mol. The van der Waals surface area contributed by atoms with Crippen molar-refractivity contribution in [2.45, 2.75) is 0 Å². The van der Waals surface area contributed by atoms with E-state index < -0.39 is 0 Å². The quantitative estimate of drug-likeness (QED) is 0.377. The van der Waals surface area contributed by atoms with Gasteiger partial charge in [-0.3, -0.25) is 0 Å². The third-order valence-corrected chi connectivity index (χ3v) is 0.765. The number of allylic oxidation sites excluding steroid dienone is 2. The van der Waals surface area contributed by atoms with Gasteiger partial charge in [0.15, 0.2) is 0 Å². The van der Waals surface area contributed by atoms with Crippen molar-refractivity contribution in [1.82, 2.24) is 0 Å². The number of rotatable bonds is 2. The van der Waals surface area contributed by atoms with Gasteiger partial charge in [0.1, 0.15) is 0 Å². The van der Waals surface area contributed by atoms with Crippen LogP contribution in [0.3, 0.4) is 0 Å². The lowest BCUT2D eigenvalue weighted by atomic mass is 10.4. The largest absolute Gasteiger partial charge is 0.400 e. The third kappa shape index (κ3) is 5.20. The maximum absolute atomic E-state index is 8.34. The van der Waals surface area contributed by atoms with Gasteiger partial charge < -0.3 is 16.6 Å². The van der Waals surface area contributed by atoms with Crippen LogP contribution in [0.4, 0.5) is 0 Å². The molecule has 52 valence electrons. The lowest BCUT2D eigenvalue weighted by Gasteiger charge is -1.89. The number of hydrogen-bond donors (Lipinski definition) is 3. The van der Waals surface area contributed by atoms with Crippen LogP contribution < -0.4 is 11.5 Å². The lowest BCUT2D eigenvalue weighted by Crippen LogP contribution is -2.01. The van der Waals surface area contributed by atoms with Gasteiger partial charge in [0.2, 0.25) is 0 Å². The SMILES string of the molecule is N/C(=C\C=C(/N)Cl)CO. The van der Waals surface area contributed by atoms with E-state index in [1.54, 1.807) is 0 Å². The molecule has 0 spiro atoms. The van der Waals surface area contributed by atoms with Gasteiger partial charge in [0, 0.05) is 5.70 Å². The second kappa shape index (κ2) is 4.23. The van der Waals surface area contributed by atoms with Gasteiger partial charge in [-0.05, 0) is 12.2 Å². The average Bonchev–Trinajstić information content (AvgIpc) is 1.83. The number of nitrogens with two attached hydrogens (primary N) is 2. The topological polar surface area (TPSA) is 72.3 Å². The lowest BCUT2D eigenvalue weighted by molar-refractivity contribution is 0.330. The summed E-state index contributed by atoms with van der Waals surface area (Å²) in [5.74, 6) is 0. The molecule has 0 aromatic heterocycles. The molecule has 0 rings (SSSR count). The molecule has 0 aliphatic heterocycles. The summed E-state index contributed by atoms with van der Waals surface area (Å²) in [5, 5.41) is 8.49. The van der Waals surface area contributed by atoms with Crippen molar-refractivity contribution in [2.75, 3.05) is 6.61 Å². The van der Waals surface area contributed by atoms with Crippen LogP contribution in [-0.2, 0) is 0 Å². The molecular weight excluding hydrogens is 140 g/mol. The molecule has 0 aliphatic carbocycles. The van der Waals surface area contributed by atoms with E-state index in [9.17, 15) is 0 Å². The molecule has 0 aromatic carbocycles. The zero-order chi connectivity index (χ0) is 7.28. The highest BCUT2D eigenvalue weighted by atomic mass is 35.5. The number of aliphatic hydroxyl groups is 1. The first-order valence-electron chi connectivity index (χ1n) is 2.35. The van der Waals surface area contributed by atoms with Crippen LogP contribution in [0.25, 0.3) is 0 Å². The van der Waals surface area contributed by atoms with E-state index in [2.05, 4.69) is 0 Å². The molecule has 0 aliphatic rings. The first-order chi connectivity index (χ1) is 4.16. The van der Waals surface area contributed by atoms with E-state index in [4.69, 9.17) is 28.2 Å². The van der Waals surface area contributed by atoms with Crippen LogP contribution in [0.5, 0.6) is 0 Å². The van der Waals surface area contributed by atoms with Crippen LogP contribution in [0.2, 0.25) is 0 Å². The van der Waals surface area contributed by atoms with Crippen LogP contribution in [0, 0.1) is 0 Å². The van der Waals surface area contributed by atoms with E-state index in [0.29, 0.717) is 5.70 Å². The maximum Gasteiger partial charge on any atom is 0.0992 e. The van der Waals surface area contributed by atoms with Crippen molar-refractivity contribution in [2.24, 2.45) is 11.5 Å². The Morgan fingerprint density at radius 3 is 2.33 bits per heavy atom. The van der Waals surface area contributed by atoms with Crippen LogP contribution in [-0.4, -0.2) is 11.7 Å². The minimum Gasteiger partial charge on any atom is -0.400 e. The van der Waals surface area contributed by atoms with Gasteiger partial charge in [-0.15, -0.1) is 0 Å².